The Balaban J connectivity index is 2.30. The molecule has 0 fully saturated rings. The monoisotopic (exact) mass is 370 g/mol. The number of hydrogen-bond acceptors (Lipinski definition) is 3. The molecule has 0 aliphatic heterocycles. The molecule has 0 aliphatic carbocycles. The van der Waals surface area contributed by atoms with Crippen molar-refractivity contribution in [3.63, 3.8) is 0 Å². The van der Waals surface area contributed by atoms with Gasteiger partial charge in [0.25, 0.3) is 0 Å². The lowest BCUT2D eigenvalue weighted by Gasteiger charge is -2.13. The molecule has 2 nitrogen and oxygen atoms in total. The van der Waals surface area contributed by atoms with E-state index in [0.717, 1.165) is 27.2 Å². The van der Waals surface area contributed by atoms with E-state index in [4.69, 9.17) is 17.3 Å². The van der Waals surface area contributed by atoms with Gasteiger partial charge in [-0.1, -0.05) is 52.3 Å². The van der Waals surface area contributed by atoms with Crippen molar-refractivity contribution in [3.8, 4) is 0 Å². The van der Waals surface area contributed by atoms with Crippen molar-refractivity contribution < 1.29 is 0 Å². The Kier molecular flexibility index (Phi) is 5.90. The van der Waals surface area contributed by atoms with E-state index in [1.807, 2.05) is 18.2 Å². The molecule has 106 valence electrons. The predicted molar refractivity (Wildman–Crippen MR) is 89.5 cm³/mol. The molecule has 0 amide bonds. The topological polar surface area (TPSA) is 38.9 Å². The van der Waals surface area contributed by atoms with Gasteiger partial charge >= 0.3 is 0 Å². The fraction of sp³-hybridized carbons (Fsp3) is 0.267. The molecule has 0 aliphatic rings. The second-order valence-corrected chi connectivity index (χ2v) is 6.87. The Morgan fingerprint density at radius 1 is 1.40 bits per heavy atom. The predicted octanol–water partition coefficient (Wildman–Crippen LogP) is 4.93. The second-order valence-electron chi connectivity index (χ2n) is 4.52. The van der Waals surface area contributed by atoms with Crippen molar-refractivity contribution in [1.29, 1.82) is 0 Å². The molecule has 0 saturated carbocycles. The third-order valence-electron chi connectivity index (χ3n) is 2.97. The van der Waals surface area contributed by atoms with Crippen LogP contribution in [0.4, 0.5) is 0 Å². The maximum Gasteiger partial charge on any atom is 0.119 e. The molecule has 20 heavy (non-hydrogen) atoms. The van der Waals surface area contributed by atoms with E-state index >= 15 is 0 Å². The van der Waals surface area contributed by atoms with Gasteiger partial charge in [0.1, 0.15) is 5.03 Å². The minimum atomic E-state index is 0.176. The Morgan fingerprint density at radius 3 is 2.90 bits per heavy atom. The third-order valence-corrected chi connectivity index (χ3v) is 5.00. The average molecular weight is 372 g/mol. The Labute approximate surface area is 137 Å². The number of hydrogen-bond donors (Lipinski definition) is 1. The van der Waals surface area contributed by atoms with Crippen molar-refractivity contribution in [1.82, 2.24) is 4.98 Å². The molecule has 1 atom stereocenters. The van der Waals surface area contributed by atoms with Crippen LogP contribution in [0.5, 0.6) is 0 Å². The lowest BCUT2D eigenvalue weighted by molar-refractivity contribution is 0.641. The van der Waals surface area contributed by atoms with E-state index in [1.54, 1.807) is 18.0 Å². The summed E-state index contributed by atoms with van der Waals surface area (Å²) in [6.45, 7) is 2.10. The number of nitrogens with zero attached hydrogens (tertiary/aromatic N) is 1. The van der Waals surface area contributed by atoms with Crippen LogP contribution in [-0.4, -0.2) is 11.0 Å². The lowest BCUT2D eigenvalue weighted by Crippen LogP contribution is -2.21. The van der Waals surface area contributed by atoms with Crippen molar-refractivity contribution in [2.45, 2.75) is 35.7 Å². The fourth-order valence-corrected chi connectivity index (χ4v) is 3.47. The van der Waals surface area contributed by atoms with E-state index < -0.39 is 0 Å². The molecule has 1 heterocycles. The summed E-state index contributed by atoms with van der Waals surface area (Å²) in [6, 6.07) is 10.1. The van der Waals surface area contributed by atoms with Crippen LogP contribution in [0.1, 0.15) is 18.9 Å². The first-order chi connectivity index (χ1) is 9.60. The van der Waals surface area contributed by atoms with Gasteiger partial charge in [-0.05, 0) is 42.7 Å². The summed E-state index contributed by atoms with van der Waals surface area (Å²) in [7, 11) is 0. The largest absolute Gasteiger partial charge is 0.327 e. The Bertz CT molecular complexity index is 592. The quantitative estimate of drug-likeness (QED) is 0.810. The van der Waals surface area contributed by atoms with Crippen molar-refractivity contribution in [2.24, 2.45) is 5.73 Å². The highest BCUT2D eigenvalue weighted by Crippen LogP contribution is 2.35. The van der Waals surface area contributed by atoms with Crippen LogP contribution in [0.3, 0.4) is 0 Å². The van der Waals surface area contributed by atoms with Crippen molar-refractivity contribution in [2.75, 3.05) is 0 Å². The van der Waals surface area contributed by atoms with Crippen LogP contribution >= 0.6 is 39.3 Å². The molecule has 0 saturated heterocycles. The van der Waals surface area contributed by atoms with Gasteiger partial charge in [-0.25, -0.2) is 4.98 Å². The van der Waals surface area contributed by atoms with Crippen molar-refractivity contribution >= 4 is 39.3 Å². The van der Waals surface area contributed by atoms with E-state index in [0.29, 0.717) is 5.02 Å². The SMILES string of the molecule is CCC(N)Cc1ccc(Br)cc1Sc1ncccc1Cl. The fourth-order valence-electron chi connectivity index (χ4n) is 1.77. The standard InChI is InChI=1S/C15H16BrClN2S/c1-2-12(18)8-10-5-6-11(16)9-14(10)20-15-13(17)4-3-7-19-15/h3-7,9,12H,2,8,18H2,1H3. The zero-order valence-corrected chi connectivity index (χ0v) is 14.3. The van der Waals surface area contributed by atoms with Crippen LogP contribution in [0, 0.1) is 0 Å². The molecule has 5 heteroatoms. The molecular formula is C15H16BrClN2S. The van der Waals surface area contributed by atoms with E-state index in [-0.39, 0.29) is 6.04 Å². The van der Waals surface area contributed by atoms with Gasteiger partial charge in [-0.2, -0.15) is 0 Å². The van der Waals surface area contributed by atoms with Crippen LogP contribution in [0.2, 0.25) is 5.02 Å². The summed E-state index contributed by atoms with van der Waals surface area (Å²) in [5, 5.41) is 1.49. The molecule has 0 bridgehead atoms. The van der Waals surface area contributed by atoms with Gasteiger partial charge in [0, 0.05) is 21.6 Å². The van der Waals surface area contributed by atoms with Gasteiger partial charge in [0.05, 0.1) is 5.02 Å². The molecule has 1 unspecified atom stereocenters. The summed E-state index contributed by atoms with van der Waals surface area (Å²) in [6.07, 6.45) is 3.57. The van der Waals surface area contributed by atoms with Crippen LogP contribution < -0.4 is 5.73 Å². The number of pyridine rings is 1. The average Bonchev–Trinajstić information content (AvgIpc) is 2.44. The molecule has 0 spiro atoms. The van der Waals surface area contributed by atoms with E-state index in [2.05, 4.69) is 40.0 Å². The van der Waals surface area contributed by atoms with Crippen molar-refractivity contribution in [3.05, 3.63) is 51.6 Å². The normalized spacial score (nSPS) is 12.4. The molecule has 1 aromatic heterocycles. The number of nitrogens with two attached hydrogens (primary N) is 1. The van der Waals surface area contributed by atoms with Crippen LogP contribution in [0.15, 0.2) is 50.9 Å². The Morgan fingerprint density at radius 2 is 2.20 bits per heavy atom. The van der Waals surface area contributed by atoms with E-state index in [9.17, 15) is 0 Å². The highest BCUT2D eigenvalue weighted by molar-refractivity contribution is 9.10. The first-order valence-electron chi connectivity index (χ1n) is 6.42. The highest BCUT2D eigenvalue weighted by Gasteiger charge is 2.11. The van der Waals surface area contributed by atoms with E-state index in [1.165, 1.54) is 5.56 Å². The Hall–Kier alpha value is -0.550. The van der Waals surface area contributed by atoms with Crippen LogP contribution in [0.25, 0.3) is 0 Å². The zero-order valence-electron chi connectivity index (χ0n) is 11.1. The summed E-state index contributed by atoms with van der Waals surface area (Å²) in [5.41, 5.74) is 7.30. The van der Waals surface area contributed by atoms with Gasteiger partial charge in [-0.3, -0.25) is 0 Å². The lowest BCUT2D eigenvalue weighted by atomic mass is 10.1. The zero-order chi connectivity index (χ0) is 14.5. The van der Waals surface area contributed by atoms with Gasteiger partial charge in [-0.15, -0.1) is 0 Å². The molecular weight excluding hydrogens is 356 g/mol. The molecule has 0 radical (unpaired) electrons. The smallest absolute Gasteiger partial charge is 0.119 e. The number of benzene rings is 1. The minimum Gasteiger partial charge on any atom is -0.327 e. The molecule has 2 rings (SSSR count). The first-order valence-corrected chi connectivity index (χ1v) is 8.41. The summed E-state index contributed by atoms with van der Waals surface area (Å²) in [4.78, 5) is 5.47. The minimum absolute atomic E-state index is 0.176. The molecule has 2 N–H and O–H groups in total. The first kappa shape index (κ1) is 15.8. The number of aromatic nitrogens is 1. The van der Waals surface area contributed by atoms with Gasteiger partial charge in [0.15, 0.2) is 0 Å². The van der Waals surface area contributed by atoms with Crippen LogP contribution in [-0.2, 0) is 6.42 Å². The number of halogens is 2. The molecule has 2 aromatic rings. The second kappa shape index (κ2) is 7.46. The third kappa shape index (κ3) is 4.22. The summed E-state index contributed by atoms with van der Waals surface area (Å²) >= 11 is 11.3. The maximum atomic E-state index is 6.18. The highest BCUT2D eigenvalue weighted by atomic mass is 79.9. The summed E-state index contributed by atoms with van der Waals surface area (Å²) in [5.74, 6) is 0. The maximum absolute atomic E-state index is 6.18. The molecule has 1 aromatic carbocycles. The van der Waals surface area contributed by atoms with Gasteiger partial charge < -0.3 is 5.73 Å². The van der Waals surface area contributed by atoms with Gasteiger partial charge in [0.2, 0.25) is 0 Å². The summed E-state index contributed by atoms with van der Waals surface area (Å²) < 4.78 is 1.04. The number of rotatable bonds is 5.